The Morgan fingerprint density at radius 2 is 1.83 bits per heavy atom. The topological polar surface area (TPSA) is 41.3 Å². The van der Waals surface area contributed by atoms with Gasteiger partial charge in [0.05, 0.1) is 0 Å². The maximum Gasteiger partial charge on any atom is 0.0336 e. The third-order valence-corrected chi connectivity index (χ3v) is 5.83. The van der Waals surface area contributed by atoms with Gasteiger partial charge < -0.3 is 16.0 Å². The van der Waals surface area contributed by atoms with Crippen LogP contribution in [0.4, 0.5) is 0 Å². The Bertz CT molecular complexity index is 290. The first-order chi connectivity index (χ1) is 8.62. The van der Waals surface area contributed by atoms with Gasteiger partial charge in [0.1, 0.15) is 0 Å². The van der Waals surface area contributed by atoms with E-state index in [0.29, 0.717) is 0 Å². The standard InChI is InChI=1S/C15H29N3/c1-11-3-4-12(7-11)17-15(10-16)8-13-5-6-14(9-15)18(13)2/h11-14,17H,3-10,16H2,1-2H3. The molecule has 0 aromatic rings. The Morgan fingerprint density at radius 1 is 1.17 bits per heavy atom. The van der Waals surface area contributed by atoms with Gasteiger partial charge in [0.15, 0.2) is 0 Å². The van der Waals surface area contributed by atoms with Crippen LogP contribution in [0.3, 0.4) is 0 Å². The predicted octanol–water partition coefficient (Wildman–Crippen LogP) is 1.72. The second-order valence-electron chi connectivity index (χ2n) is 7.20. The molecule has 3 rings (SSSR count). The molecule has 4 atom stereocenters. The molecule has 0 radical (unpaired) electrons. The molecule has 2 heterocycles. The molecule has 0 spiro atoms. The normalized spacial score (nSPS) is 48.8. The van der Waals surface area contributed by atoms with Crippen molar-refractivity contribution in [3.8, 4) is 0 Å². The predicted molar refractivity (Wildman–Crippen MR) is 75.5 cm³/mol. The molecule has 0 aromatic heterocycles. The Hall–Kier alpha value is -0.120. The van der Waals surface area contributed by atoms with Crippen LogP contribution in [0.25, 0.3) is 0 Å². The lowest BCUT2D eigenvalue weighted by atomic mass is 9.82. The van der Waals surface area contributed by atoms with Gasteiger partial charge in [-0.05, 0) is 57.9 Å². The maximum absolute atomic E-state index is 6.17. The van der Waals surface area contributed by atoms with Crippen LogP contribution in [-0.2, 0) is 0 Å². The monoisotopic (exact) mass is 251 g/mol. The van der Waals surface area contributed by atoms with Crippen molar-refractivity contribution in [1.82, 2.24) is 10.2 Å². The zero-order valence-corrected chi connectivity index (χ0v) is 12.0. The summed E-state index contributed by atoms with van der Waals surface area (Å²) < 4.78 is 0. The van der Waals surface area contributed by atoms with E-state index in [2.05, 4.69) is 24.2 Å². The molecule has 1 saturated carbocycles. The quantitative estimate of drug-likeness (QED) is 0.802. The van der Waals surface area contributed by atoms with Crippen molar-refractivity contribution in [1.29, 1.82) is 0 Å². The minimum absolute atomic E-state index is 0.243. The van der Waals surface area contributed by atoms with E-state index in [4.69, 9.17) is 5.73 Å². The largest absolute Gasteiger partial charge is 0.329 e. The molecule has 1 aliphatic carbocycles. The van der Waals surface area contributed by atoms with Gasteiger partial charge in [-0.3, -0.25) is 0 Å². The van der Waals surface area contributed by atoms with Crippen molar-refractivity contribution < 1.29 is 0 Å². The summed E-state index contributed by atoms with van der Waals surface area (Å²) in [5.41, 5.74) is 6.41. The van der Waals surface area contributed by atoms with Gasteiger partial charge in [0.2, 0.25) is 0 Å². The second kappa shape index (κ2) is 4.77. The summed E-state index contributed by atoms with van der Waals surface area (Å²) in [6.45, 7) is 3.20. The number of nitrogens with one attached hydrogen (secondary N) is 1. The SMILES string of the molecule is CC1CCC(NC2(CN)CC3CCC(C2)N3C)C1. The zero-order valence-electron chi connectivity index (χ0n) is 12.0. The smallest absolute Gasteiger partial charge is 0.0336 e. The van der Waals surface area contributed by atoms with Gasteiger partial charge in [-0.25, -0.2) is 0 Å². The van der Waals surface area contributed by atoms with E-state index in [-0.39, 0.29) is 5.54 Å². The highest BCUT2D eigenvalue weighted by Crippen LogP contribution is 2.40. The number of hydrogen-bond donors (Lipinski definition) is 2. The van der Waals surface area contributed by atoms with E-state index >= 15 is 0 Å². The maximum atomic E-state index is 6.17. The van der Waals surface area contributed by atoms with Gasteiger partial charge in [-0.1, -0.05) is 6.92 Å². The molecular weight excluding hydrogens is 222 g/mol. The molecule has 0 amide bonds. The summed E-state index contributed by atoms with van der Waals surface area (Å²) in [4.78, 5) is 2.60. The first-order valence-electron chi connectivity index (χ1n) is 7.81. The zero-order chi connectivity index (χ0) is 12.8. The van der Waals surface area contributed by atoms with Crippen LogP contribution < -0.4 is 11.1 Å². The molecule has 2 bridgehead atoms. The van der Waals surface area contributed by atoms with E-state index in [1.54, 1.807) is 0 Å². The summed E-state index contributed by atoms with van der Waals surface area (Å²) in [5.74, 6) is 0.903. The van der Waals surface area contributed by atoms with Gasteiger partial charge in [-0.2, -0.15) is 0 Å². The Morgan fingerprint density at radius 3 is 2.33 bits per heavy atom. The van der Waals surface area contributed by atoms with Crippen molar-refractivity contribution in [2.24, 2.45) is 11.7 Å². The fraction of sp³-hybridized carbons (Fsp3) is 1.00. The molecule has 104 valence electrons. The van der Waals surface area contributed by atoms with Gasteiger partial charge >= 0.3 is 0 Å². The van der Waals surface area contributed by atoms with E-state index in [0.717, 1.165) is 30.6 Å². The minimum atomic E-state index is 0.243. The average molecular weight is 251 g/mol. The number of nitrogens with two attached hydrogens (primary N) is 1. The summed E-state index contributed by atoms with van der Waals surface area (Å²) in [6.07, 6.45) is 9.40. The Kier molecular flexibility index (Phi) is 3.41. The van der Waals surface area contributed by atoms with Crippen LogP contribution in [0.2, 0.25) is 0 Å². The molecule has 3 nitrogen and oxygen atoms in total. The van der Waals surface area contributed by atoms with E-state index < -0.39 is 0 Å². The molecule has 0 aromatic carbocycles. The summed E-state index contributed by atoms with van der Waals surface area (Å²) in [6, 6.07) is 2.28. The average Bonchev–Trinajstić information content (AvgIpc) is 2.83. The molecule has 18 heavy (non-hydrogen) atoms. The third kappa shape index (κ3) is 2.21. The number of nitrogens with zero attached hydrogens (tertiary/aromatic N) is 1. The second-order valence-corrected chi connectivity index (χ2v) is 7.20. The van der Waals surface area contributed by atoms with Crippen molar-refractivity contribution in [3.05, 3.63) is 0 Å². The van der Waals surface area contributed by atoms with E-state index in [1.165, 1.54) is 44.9 Å². The Labute approximate surface area is 111 Å². The highest BCUT2D eigenvalue weighted by molar-refractivity contribution is 5.06. The third-order valence-electron chi connectivity index (χ3n) is 5.83. The van der Waals surface area contributed by atoms with Gasteiger partial charge in [-0.15, -0.1) is 0 Å². The highest BCUT2D eigenvalue weighted by Gasteiger charge is 2.47. The lowest BCUT2D eigenvalue weighted by Gasteiger charge is -2.46. The van der Waals surface area contributed by atoms with E-state index in [9.17, 15) is 0 Å². The fourth-order valence-electron chi connectivity index (χ4n) is 4.68. The molecule has 2 aliphatic heterocycles. The number of piperidine rings is 1. The van der Waals surface area contributed by atoms with Crippen molar-refractivity contribution in [3.63, 3.8) is 0 Å². The van der Waals surface area contributed by atoms with Crippen LogP contribution in [0, 0.1) is 5.92 Å². The van der Waals surface area contributed by atoms with Crippen LogP contribution in [0.15, 0.2) is 0 Å². The molecule has 3 aliphatic rings. The molecule has 2 saturated heterocycles. The van der Waals surface area contributed by atoms with Crippen molar-refractivity contribution in [2.75, 3.05) is 13.6 Å². The molecule has 4 unspecified atom stereocenters. The molecule has 3 fully saturated rings. The molecule has 3 N–H and O–H groups in total. The summed E-state index contributed by atoms with van der Waals surface area (Å²) in [7, 11) is 2.31. The number of rotatable bonds is 3. The summed E-state index contributed by atoms with van der Waals surface area (Å²) in [5, 5.41) is 3.98. The van der Waals surface area contributed by atoms with Gasteiger partial charge in [0, 0.05) is 30.2 Å². The van der Waals surface area contributed by atoms with E-state index in [1.807, 2.05) is 0 Å². The van der Waals surface area contributed by atoms with Crippen LogP contribution >= 0.6 is 0 Å². The van der Waals surface area contributed by atoms with Crippen molar-refractivity contribution in [2.45, 2.75) is 75.5 Å². The fourth-order valence-corrected chi connectivity index (χ4v) is 4.68. The lowest BCUT2D eigenvalue weighted by molar-refractivity contribution is 0.0864. The van der Waals surface area contributed by atoms with Crippen LogP contribution in [-0.4, -0.2) is 42.2 Å². The highest BCUT2D eigenvalue weighted by atomic mass is 15.2. The number of hydrogen-bond acceptors (Lipinski definition) is 3. The number of fused-ring (bicyclic) bond motifs is 2. The lowest BCUT2D eigenvalue weighted by Crippen LogP contribution is -2.62. The van der Waals surface area contributed by atoms with Crippen LogP contribution in [0.5, 0.6) is 0 Å². The van der Waals surface area contributed by atoms with Crippen LogP contribution in [0.1, 0.15) is 51.9 Å². The molecular formula is C15H29N3. The Balaban J connectivity index is 1.68. The first kappa shape index (κ1) is 12.9. The summed E-state index contributed by atoms with van der Waals surface area (Å²) >= 11 is 0. The first-order valence-corrected chi connectivity index (χ1v) is 7.81. The van der Waals surface area contributed by atoms with Crippen molar-refractivity contribution >= 4 is 0 Å². The minimum Gasteiger partial charge on any atom is -0.329 e. The molecule has 3 heteroatoms. The van der Waals surface area contributed by atoms with Gasteiger partial charge in [0.25, 0.3) is 0 Å².